The molecule has 0 aromatic rings. The summed E-state index contributed by atoms with van der Waals surface area (Å²) in [4.78, 5) is 24.3. The van der Waals surface area contributed by atoms with Crippen LogP contribution in [0.5, 0.6) is 0 Å². The van der Waals surface area contributed by atoms with Crippen molar-refractivity contribution in [3.05, 3.63) is 0 Å². The summed E-state index contributed by atoms with van der Waals surface area (Å²) in [6, 6.07) is -1.54. The zero-order valence-electron chi connectivity index (χ0n) is 22.7. The van der Waals surface area contributed by atoms with Crippen molar-refractivity contribution in [1.29, 1.82) is 0 Å². The molecule has 0 aromatic heterocycles. The predicted molar refractivity (Wildman–Crippen MR) is 130 cm³/mol. The van der Waals surface area contributed by atoms with Crippen LogP contribution in [0.15, 0.2) is 0 Å². The van der Waals surface area contributed by atoms with Crippen molar-refractivity contribution in [2.75, 3.05) is 19.8 Å². The van der Waals surface area contributed by atoms with Gasteiger partial charge < -0.3 is 90.3 Å². The number of aliphatic hydroxyl groups excluding tert-OH is 11. The molecule has 3 aliphatic heterocycles. The van der Waals surface area contributed by atoms with Gasteiger partial charge in [-0.1, -0.05) is 0 Å². The maximum Gasteiger partial charge on any atom is 0.364 e. The molecule has 43 heavy (non-hydrogen) atoms. The smallest absolute Gasteiger partial charge is 0.364 e. The van der Waals surface area contributed by atoms with Crippen molar-refractivity contribution in [2.24, 2.45) is 0 Å². The number of aliphatic carboxylic acids is 1. The Morgan fingerprint density at radius 1 is 0.907 bits per heavy atom. The summed E-state index contributed by atoms with van der Waals surface area (Å²) in [5, 5.41) is 124. The number of amides is 1. The van der Waals surface area contributed by atoms with Gasteiger partial charge in [-0.25, -0.2) is 4.79 Å². The number of rotatable bonds is 11. The summed E-state index contributed by atoms with van der Waals surface area (Å²) in [5.41, 5.74) is 0. The minimum atomic E-state index is -3.02. The molecule has 1 amide bonds. The van der Waals surface area contributed by atoms with Crippen LogP contribution in [0.1, 0.15) is 13.3 Å². The summed E-state index contributed by atoms with van der Waals surface area (Å²) in [6.45, 7) is -1.85. The number of nitrogens with one attached hydrogen (secondary N) is 1. The highest BCUT2D eigenvalue weighted by atomic mass is 16.8. The molecule has 20 nitrogen and oxygen atoms in total. The van der Waals surface area contributed by atoms with Crippen molar-refractivity contribution in [1.82, 2.24) is 5.32 Å². The van der Waals surface area contributed by atoms with Crippen LogP contribution in [0.3, 0.4) is 0 Å². The molecular formula is C23H39NO19. The molecule has 20 heteroatoms. The van der Waals surface area contributed by atoms with Gasteiger partial charge in [-0.2, -0.15) is 0 Å². The maximum absolute atomic E-state index is 12.5. The monoisotopic (exact) mass is 633 g/mol. The summed E-state index contributed by atoms with van der Waals surface area (Å²) >= 11 is 0. The lowest BCUT2D eigenvalue weighted by molar-refractivity contribution is -0.385. The zero-order valence-corrected chi connectivity index (χ0v) is 22.7. The van der Waals surface area contributed by atoms with Crippen molar-refractivity contribution in [2.45, 2.75) is 111 Å². The lowest BCUT2D eigenvalue weighted by atomic mass is 9.88. The highest BCUT2D eigenvalue weighted by Crippen LogP contribution is 2.38. The van der Waals surface area contributed by atoms with Gasteiger partial charge in [0.05, 0.1) is 32.0 Å². The molecule has 0 aromatic carbocycles. The van der Waals surface area contributed by atoms with Gasteiger partial charge in [-0.05, 0) is 0 Å². The van der Waals surface area contributed by atoms with Gasteiger partial charge in [-0.3, -0.25) is 4.79 Å². The van der Waals surface area contributed by atoms with Crippen LogP contribution in [-0.2, 0) is 33.3 Å². The molecule has 3 fully saturated rings. The van der Waals surface area contributed by atoms with Gasteiger partial charge in [0, 0.05) is 13.3 Å². The van der Waals surface area contributed by atoms with E-state index in [-0.39, 0.29) is 0 Å². The van der Waals surface area contributed by atoms with Crippen molar-refractivity contribution >= 4 is 11.9 Å². The number of carboxylic acids is 1. The van der Waals surface area contributed by atoms with E-state index in [9.17, 15) is 70.9 Å². The van der Waals surface area contributed by atoms with Crippen LogP contribution in [0, 0.1) is 0 Å². The second-order valence-corrected chi connectivity index (χ2v) is 10.5. The quantitative estimate of drug-likeness (QED) is 0.100. The molecule has 3 rings (SSSR count). The molecule has 3 aliphatic rings. The van der Waals surface area contributed by atoms with E-state index in [1.54, 1.807) is 0 Å². The molecule has 0 bridgehead atoms. The lowest BCUT2D eigenvalue weighted by Gasteiger charge is -2.50. The Hall–Kier alpha value is -1.70. The average Bonchev–Trinajstić information content (AvgIpc) is 2.96. The second-order valence-electron chi connectivity index (χ2n) is 10.5. The van der Waals surface area contributed by atoms with E-state index in [0.29, 0.717) is 0 Å². The average molecular weight is 634 g/mol. The number of aliphatic hydroxyl groups is 11. The minimum Gasteiger partial charge on any atom is -0.477 e. The fraction of sp³-hybridized carbons (Fsp3) is 0.913. The Kier molecular flexibility index (Phi) is 12.1. The van der Waals surface area contributed by atoms with Crippen molar-refractivity contribution < 1.29 is 94.6 Å². The Bertz CT molecular complexity index is 942. The highest BCUT2D eigenvalue weighted by molar-refractivity contribution is 5.76. The van der Waals surface area contributed by atoms with E-state index in [1.165, 1.54) is 0 Å². The normalized spacial score (nSPS) is 45.3. The summed E-state index contributed by atoms with van der Waals surface area (Å²) in [7, 11) is 0. The van der Waals surface area contributed by atoms with Crippen LogP contribution in [-0.4, -0.2) is 191 Å². The number of carbonyl (C=O) groups excluding carboxylic acids is 1. The molecule has 13 N–H and O–H groups in total. The number of carboxylic acid groups (broad SMARTS) is 1. The van der Waals surface area contributed by atoms with E-state index in [4.69, 9.17) is 23.7 Å². The molecular weight excluding hydrogens is 594 g/mol. The van der Waals surface area contributed by atoms with Crippen LogP contribution in [0.25, 0.3) is 0 Å². The largest absolute Gasteiger partial charge is 0.477 e. The fourth-order valence-corrected chi connectivity index (χ4v) is 5.16. The molecule has 0 spiro atoms. The molecule has 5 unspecified atom stereocenters. The first-order chi connectivity index (χ1) is 20.1. The molecule has 0 saturated carbocycles. The topological polar surface area (TPSA) is 335 Å². The Morgan fingerprint density at radius 2 is 1.53 bits per heavy atom. The minimum absolute atomic E-state index is 0.749. The number of ether oxygens (including phenoxy) is 5. The van der Waals surface area contributed by atoms with E-state index < -0.39 is 136 Å². The first-order valence-electron chi connectivity index (χ1n) is 13.2. The third-order valence-electron chi connectivity index (χ3n) is 7.47. The standard InChI is InChI=1S/C23H39NO19/c1-6(28)24-11-7(29)2-23(22(37)38,42-18(11)12(31)8(30)3-25)43-19-13(32)9(4-26)40-21(16(19)35)41-17-10(5-27)39-20(36)15(34)14(17)33/h7-21,25-27,29-36H,2-5H2,1H3,(H,24,28)(H,37,38)/t7-,8-,9?,10+,11-,12-,13+,14?,15?,16?,17-,18?,19+,20-,21+,23+/m1/s1. The molecule has 3 heterocycles. The van der Waals surface area contributed by atoms with Crippen LogP contribution >= 0.6 is 0 Å². The first-order valence-corrected chi connectivity index (χ1v) is 13.2. The van der Waals surface area contributed by atoms with Gasteiger partial charge in [-0.15, -0.1) is 0 Å². The van der Waals surface area contributed by atoms with Gasteiger partial charge >= 0.3 is 5.97 Å². The summed E-state index contributed by atoms with van der Waals surface area (Å²) < 4.78 is 26.8. The molecule has 0 aliphatic carbocycles. The fourth-order valence-electron chi connectivity index (χ4n) is 5.16. The third-order valence-corrected chi connectivity index (χ3v) is 7.47. The number of hydrogen-bond acceptors (Lipinski definition) is 18. The van der Waals surface area contributed by atoms with E-state index >= 15 is 0 Å². The van der Waals surface area contributed by atoms with E-state index in [1.807, 2.05) is 0 Å². The third kappa shape index (κ3) is 7.41. The molecule has 250 valence electrons. The van der Waals surface area contributed by atoms with Gasteiger partial charge in [0.1, 0.15) is 67.1 Å². The van der Waals surface area contributed by atoms with Crippen molar-refractivity contribution in [3.63, 3.8) is 0 Å². The van der Waals surface area contributed by atoms with Gasteiger partial charge in [0.25, 0.3) is 5.79 Å². The zero-order chi connectivity index (χ0) is 32.4. The highest BCUT2D eigenvalue weighted by Gasteiger charge is 2.60. The first kappa shape index (κ1) is 35.8. The lowest BCUT2D eigenvalue weighted by Crippen LogP contribution is -2.70. The van der Waals surface area contributed by atoms with E-state index in [2.05, 4.69) is 5.32 Å². The maximum atomic E-state index is 12.5. The summed E-state index contributed by atoms with van der Waals surface area (Å²) in [5.74, 6) is -5.74. The van der Waals surface area contributed by atoms with Crippen LogP contribution in [0.2, 0.25) is 0 Å². The summed E-state index contributed by atoms with van der Waals surface area (Å²) in [6.07, 6.45) is -27.8. The Labute approximate surface area is 243 Å². The van der Waals surface area contributed by atoms with Crippen LogP contribution < -0.4 is 5.32 Å². The Morgan fingerprint density at radius 3 is 2.07 bits per heavy atom. The van der Waals surface area contributed by atoms with E-state index in [0.717, 1.165) is 6.92 Å². The SMILES string of the molecule is CC(=O)N[C@H]1C([C@H](O)[C@H](O)CO)O[C@@](O[C@@H]2C(O)[C@H](O[C@H]3C(O)C(O)[C@H](O)O[C@H]3CO)OC(CO)[C@@H]2O)(C(=O)O)C[C@H]1O. The van der Waals surface area contributed by atoms with Gasteiger partial charge in [0.2, 0.25) is 5.91 Å². The van der Waals surface area contributed by atoms with Gasteiger partial charge in [0.15, 0.2) is 12.6 Å². The Balaban J connectivity index is 1.94. The molecule has 3 saturated heterocycles. The predicted octanol–water partition coefficient (Wildman–Crippen LogP) is -8.22. The number of hydrogen-bond donors (Lipinski definition) is 13. The van der Waals surface area contributed by atoms with Crippen LogP contribution in [0.4, 0.5) is 0 Å². The molecule has 16 atom stereocenters. The van der Waals surface area contributed by atoms with Crippen molar-refractivity contribution in [3.8, 4) is 0 Å². The number of carbonyl (C=O) groups is 2. The second kappa shape index (κ2) is 14.6. The molecule has 0 radical (unpaired) electrons.